The lowest BCUT2D eigenvalue weighted by molar-refractivity contribution is -0.159. The van der Waals surface area contributed by atoms with Crippen LogP contribution in [0.25, 0.3) is 0 Å². The van der Waals surface area contributed by atoms with Crippen molar-refractivity contribution in [2.24, 2.45) is 0 Å². The van der Waals surface area contributed by atoms with Crippen LogP contribution in [0.15, 0.2) is 12.1 Å². The molecule has 21 heavy (non-hydrogen) atoms. The van der Waals surface area contributed by atoms with Crippen molar-refractivity contribution in [2.75, 3.05) is 19.0 Å². The molecule has 0 heterocycles. The van der Waals surface area contributed by atoms with E-state index in [0.717, 1.165) is 7.11 Å². The van der Waals surface area contributed by atoms with E-state index >= 15 is 0 Å². The molecule has 10 heteroatoms. The number of anilines is 1. The van der Waals surface area contributed by atoms with E-state index in [4.69, 9.17) is 0 Å². The number of hydrogen-bond donors (Lipinski definition) is 1. The third-order valence-corrected chi connectivity index (χ3v) is 2.07. The van der Waals surface area contributed by atoms with Gasteiger partial charge in [-0.25, -0.2) is 18.4 Å². The van der Waals surface area contributed by atoms with Crippen molar-refractivity contribution in [3.05, 3.63) is 29.3 Å². The van der Waals surface area contributed by atoms with Gasteiger partial charge in [0.2, 0.25) is 0 Å². The summed E-state index contributed by atoms with van der Waals surface area (Å²) in [4.78, 5) is 22.2. The molecule has 1 amide bonds. The first-order valence-electron chi connectivity index (χ1n) is 5.22. The van der Waals surface area contributed by atoms with E-state index in [1.165, 1.54) is 0 Å². The zero-order valence-electron chi connectivity index (χ0n) is 10.4. The number of esters is 1. The fourth-order valence-corrected chi connectivity index (χ4v) is 1.20. The molecule has 0 bridgehead atoms. The van der Waals surface area contributed by atoms with Crippen LogP contribution in [0.5, 0.6) is 0 Å². The number of methoxy groups -OCH3 is 1. The van der Waals surface area contributed by atoms with E-state index in [-0.39, 0.29) is 6.07 Å². The summed E-state index contributed by atoms with van der Waals surface area (Å²) in [6.07, 6.45) is -6.37. The van der Waals surface area contributed by atoms with Gasteiger partial charge in [-0.05, 0) is 6.07 Å². The largest absolute Gasteiger partial charge is 0.465 e. The van der Waals surface area contributed by atoms with Crippen molar-refractivity contribution in [1.82, 2.24) is 0 Å². The van der Waals surface area contributed by atoms with Gasteiger partial charge in [0.25, 0.3) is 0 Å². The Morgan fingerprint density at radius 2 is 1.81 bits per heavy atom. The van der Waals surface area contributed by atoms with Crippen molar-refractivity contribution in [3.63, 3.8) is 0 Å². The second kappa shape index (κ2) is 6.37. The lowest BCUT2D eigenvalue weighted by atomic mass is 10.2. The molecule has 0 atom stereocenters. The number of benzene rings is 1. The fourth-order valence-electron chi connectivity index (χ4n) is 1.20. The molecule has 0 spiro atoms. The summed E-state index contributed by atoms with van der Waals surface area (Å²) in [7, 11) is 0.940. The van der Waals surface area contributed by atoms with E-state index < -0.39 is 47.7 Å². The standard InChI is InChI=1S/C11H8F5NO4/c1-20-9(18)5-2-8(7(13)3-6(5)12)17-10(19)21-4-11(14,15)16/h2-3H,4H2,1H3,(H,17,19). The topological polar surface area (TPSA) is 64.6 Å². The maximum Gasteiger partial charge on any atom is 0.422 e. The monoisotopic (exact) mass is 313 g/mol. The molecule has 0 aliphatic heterocycles. The minimum atomic E-state index is -4.75. The minimum absolute atomic E-state index is 0.269. The highest BCUT2D eigenvalue weighted by atomic mass is 19.4. The smallest absolute Gasteiger partial charge is 0.422 e. The van der Waals surface area contributed by atoms with E-state index in [0.29, 0.717) is 6.07 Å². The van der Waals surface area contributed by atoms with Gasteiger partial charge < -0.3 is 9.47 Å². The van der Waals surface area contributed by atoms with Crippen molar-refractivity contribution in [2.45, 2.75) is 6.18 Å². The Bertz CT molecular complexity index is 558. The molecule has 1 N–H and O–H groups in total. The van der Waals surface area contributed by atoms with Crippen LogP contribution in [0.3, 0.4) is 0 Å². The second-order valence-corrected chi connectivity index (χ2v) is 3.62. The number of ether oxygens (including phenoxy) is 2. The molecule has 1 aromatic rings. The highest BCUT2D eigenvalue weighted by Gasteiger charge is 2.30. The number of rotatable bonds is 3. The Balaban J connectivity index is 2.88. The number of nitrogens with one attached hydrogen (secondary N) is 1. The third kappa shape index (κ3) is 4.89. The average molecular weight is 313 g/mol. The third-order valence-electron chi connectivity index (χ3n) is 2.07. The molecule has 0 aliphatic rings. The summed E-state index contributed by atoms with van der Waals surface area (Å²) < 4.78 is 70.0. The number of halogens is 5. The van der Waals surface area contributed by atoms with Crippen LogP contribution in [0.4, 0.5) is 32.4 Å². The zero-order valence-corrected chi connectivity index (χ0v) is 10.4. The van der Waals surface area contributed by atoms with Crippen LogP contribution >= 0.6 is 0 Å². The number of hydrogen-bond acceptors (Lipinski definition) is 4. The molecule has 0 aromatic heterocycles. The highest BCUT2D eigenvalue weighted by molar-refractivity contribution is 5.92. The molecule has 1 aromatic carbocycles. The number of carbonyl (C=O) groups excluding carboxylic acids is 2. The van der Waals surface area contributed by atoms with Crippen molar-refractivity contribution < 1.29 is 41.0 Å². The molecule has 0 aliphatic carbocycles. The number of amides is 1. The molecule has 5 nitrogen and oxygen atoms in total. The van der Waals surface area contributed by atoms with Crippen LogP contribution in [0.2, 0.25) is 0 Å². The van der Waals surface area contributed by atoms with Gasteiger partial charge in [-0.2, -0.15) is 13.2 Å². The zero-order chi connectivity index (χ0) is 16.2. The van der Waals surface area contributed by atoms with E-state index in [9.17, 15) is 31.5 Å². The molecule has 0 unspecified atom stereocenters. The Hall–Kier alpha value is -2.39. The molecule has 0 saturated carbocycles. The van der Waals surface area contributed by atoms with Gasteiger partial charge in [0.15, 0.2) is 6.61 Å². The van der Waals surface area contributed by atoms with Crippen LogP contribution < -0.4 is 5.32 Å². The summed E-state index contributed by atoms with van der Waals surface area (Å²) in [6, 6.07) is 0.844. The average Bonchev–Trinajstić information content (AvgIpc) is 2.38. The van der Waals surface area contributed by atoms with Crippen LogP contribution in [-0.2, 0) is 9.47 Å². The summed E-state index contributed by atoms with van der Waals surface area (Å²) >= 11 is 0. The molecule has 0 fully saturated rings. The number of carbonyl (C=O) groups is 2. The van der Waals surface area contributed by atoms with E-state index in [2.05, 4.69) is 9.47 Å². The molecular formula is C11H8F5NO4. The van der Waals surface area contributed by atoms with E-state index in [1.54, 1.807) is 5.32 Å². The maximum absolute atomic E-state index is 13.3. The first-order valence-corrected chi connectivity index (χ1v) is 5.22. The lowest BCUT2D eigenvalue weighted by Crippen LogP contribution is -2.24. The van der Waals surface area contributed by atoms with Crippen molar-refractivity contribution in [1.29, 1.82) is 0 Å². The fraction of sp³-hybridized carbons (Fsp3) is 0.273. The lowest BCUT2D eigenvalue weighted by Gasteiger charge is -2.11. The SMILES string of the molecule is COC(=O)c1cc(NC(=O)OCC(F)(F)F)c(F)cc1F. The first kappa shape index (κ1) is 16.7. The van der Waals surface area contributed by atoms with Crippen molar-refractivity contribution in [3.8, 4) is 0 Å². The van der Waals surface area contributed by atoms with Gasteiger partial charge in [-0.15, -0.1) is 0 Å². The maximum atomic E-state index is 13.3. The molecule has 0 saturated heterocycles. The van der Waals surface area contributed by atoms with Crippen LogP contribution in [-0.4, -0.2) is 32.0 Å². The summed E-state index contributed by atoms with van der Waals surface area (Å²) in [6.45, 7) is -1.88. The second-order valence-electron chi connectivity index (χ2n) is 3.62. The van der Waals surface area contributed by atoms with Gasteiger partial charge in [0.05, 0.1) is 18.4 Å². The minimum Gasteiger partial charge on any atom is -0.465 e. The molecular weight excluding hydrogens is 305 g/mol. The van der Waals surface area contributed by atoms with Gasteiger partial charge in [0.1, 0.15) is 11.6 Å². The Kier molecular flexibility index (Phi) is 5.06. The molecule has 0 radical (unpaired) electrons. The van der Waals surface area contributed by atoms with Gasteiger partial charge in [-0.3, -0.25) is 5.32 Å². The summed E-state index contributed by atoms with van der Waals surface area (Å²) in [5, 5.41) is 1.62. The number of alkyl halides is 3. The normalized spacial score (nSPS) is 11.0. The first-order chi connectivity index (χ1) is 9.64. The van der Waals surface area contributed by atoms with E-state index in [1.807, 2.05) is 0 Å². The summed E-state index contributed by atoms with van der Waals surface area (Å²) in [5.41, 5.74) is -1.44. The quantitative estimate of drug-likeness (QED) is 0.688. The molecule has 116 valence electrons. The summed E-state index contributed by atoms with van der Waals surface area (Å²) in [5.74, 6) is -3.71. The Morgan fingerprint density at radius 3 is 2.33 bits per heavy atom. The molecule has 1 rings (SSSR count). The Morgan fingerprint density at radius 1 is 1.19 bits per heavy atom. The van der Waals surface area contributed by atoms with Gasteiger partial charge in [0, 0.05) is 6.07 Å². The van der Waals surface area contributed by atoms with Crippen molar-refractivity contribution >= 4 is 17.7 Å². The predicted molar refractivity (Wildman–Crippen MR) is 58.7 cm³/mol. The highest BCUT2D eigenvalue weighted by Crippen LogP contribution is 2.21. The van der Waals surface area contributed by atoms with Crippen LogP contribution in [0.1, 0.15) is 10.4 Å². The Labute approximate surface area is 114 Å². The van der Waals surface area contributed by atoms with Gasteiger partial charge in [-0.1, -0.05) is 0 Å². The predicted octanol–water partition coefficient (Wildman–Crippen LogP) is 2.86. The van der Waals surface area contributed by atoms with Crippen LogP contribution in [0, 0.1) is 11.6 Å². The van der Waals surface area contributed by atoms with Gasteiger partial charge >= 0.3 is 18.2 Å².